The lowest BCUT2D eigenvalue weighted by Crippen LogP contribution is -2.24. The van der Waals surface area contributed by atoms with Gasteiger partial charge < -0.3 is 20.3 Å². The number of hydrogen-bond donors (Lipinski definition) is 3. The van der Waals surface area contributed by atoms with E-state index in [9.17, 15) is 19.8 Å². The molecule has 0 aromatic rings. The number of hydrogen-bond acceptors (Lipinski definition) is 8. The number of carbonyl (C=O) groups is 2. The molecule has 5 heterocycles. The minimum atomic E-state index is -1.30. The highest BCUT2D eigenvalue weighted by molar-refractivity contribution is 6.24. The molecule has 1 fully saturated rings. The number of carboxylic acids is 1. The van der Waals surface area contributed by atoms with Gasteiger partial charge in [-0.25, -0.2) is 15.0 Å². The van der Waals surface area contributed by atoms with Gasteiger partial charge in [0.25, 0.3) is 0 Å². The van der Waals surface area contributed by atoms with Crippen LogP contribution < -0.4 is 5.32 Å². The monoisotopic (exact) mass is 859 g/mol. The number of aliphatic carboxylic acids is 1. The number of ether oxygens (including phenoxy) is 1. The Morgan fingerprint density at radius 1 is 0.810 bits per heavy atom. The van der Waals surface area contributed by atoms with Crippen LogP contribution in [0.3, 0.4) is 0 Å². The Morgan fingerprint density at radius 2 is 1.40 bits per heavy atom. The van der Waals surface area contributed by atoms with Gasteiger partial charge in [0.15, 0.2) is 0 Å². The highest BCUT2D eigenvalue weighted by atomic mass is 16.5. The quantitative estimate of drug-likeness (QED) is 0.0825. The van der Waals surface area contributed by atoms with Gasteiger partial charge >= 0.3 is 11.9 Å². The third-order valence-corrected chi connectivity index (χ3v) is 14.4. The van der Waals surface area contributed by atoms with E-state index < -0.39 is 11.9 Å². The molecule has 9 heteroatoms. The molecule has 0 aromatic heterocycles. The zero-order valence-electron chi connectivity index (χ0n) is 40.1. The summed E-state index contributed by atoms with van der Waals surface area (Å²) in [7, 11) is 0. The molecule has 6 rings (SSSR count). The molecule has 340 valence electrons. The first-order valence-electron chi connectivity index (χ1n) is 24.1. The second kappa shape index (κ2) is 20.8. The Morgan fingerprint density at radius 3 is 2.00 bits per heavy atom. The predicted molar refractivity (Wildman–Crippen MR) is 258 cm³/mol. The van der Waals surface area contributed by atoms with Crippen LogP contribution in [0.4, 0.5) is 0 Å². The standard InChI is InChI=1S/C54H74N4O5/c1-12-38-34(8)41-27-43-36(10)40(23-24-47(59)63-26-25-33(7)22-16-21-32(6)20-15-19-31(5)18-14-17-30(3)4)51(57-43)49-50(54(61)62)53(60)48-37(11)44(58-52(48)49)29-46-39(13-2)35(9)42(56-46)28-45(38)55-41/h25,27-32,36,40,50,57,60H,12-24,26H2,1-11H3,(H,61,62)/b33-25+,43-27?,45-28?,46-29?,51-49?/t31-,32-,36+,40+,50-/m1/s1. The van der Waals surface area contributed by atoms with E-state index in [1.165, 1.54) is 50.5 Å². The average Bonchev–Trinajstić information content (AvgIpc) is 3.97. The molecular formula is C54H74N4O5. The highest BCUT2D eigenvalue weighted by Gasteiger charge is 2.48. The third kappa shape index (κ3) is 10.6. The van der Waals surface area contributed by atoms with Gasteiger partial charge in [0.05, 0.1) is 34.2 Å². The van der Waals surface area contributed by atoms with Crippen molar-refractivity contribution in [3.63, 3.8) is 0 Å². The maximum Gasteiger partial charge on any atom is 0.318 e. The maximum absolute atomic E-state index is 13.4. The normalized spacial score (nSPS) is 23.0. The topological polar surface area (TPSA) is 133 Å². The van der Waals surface area contributed by atoms with Gasteiger partial charge in [-0.3, -0.25) is 9.59 Å². The molecule has 1 aliphatic carbocycles. The number of nitrogens with one attached hydrogen (secondary N) is 1. The van der Waals surface area contributed by atoms with Crippen LogP contribution in [0.25, 0.3) is 0 Å². The zero-order chi connectivity index (χ0) is 45.7. The number of aliphatic hydroxyl groups excluding tert-OH is 1. The molecule has 8 bridgehead atoms. The van der Waals surface area contributed by atoms with Crippen molar-refractivity contribution in [3.8, 4) is 0 Å². The smallest absolute Gasteiger partial charge is 0.318 e. The largest absolute Gasteiger partial charge is 0.510 e. The van der Waals surface area contributed by atoms with Crippen LogP contribution >= 0.6 is 0 Å². The molecule has 5 aliphatic heterocycles. The average molecular weight is 859 g/mol. The third-order valence-electron chi connectivity index (χ3n) is 14.4. The molecule has 0 unspecified atom stereocenters. The summed E-state index contributed by atoms with van der Waals surface area (Å²) >= 11 is 0. The number of fused-ring (bicyclic) bond motifs is 5. The number of nitrogens with zero attached hydrogens (tertiary/aromatic N) is 3. The van der Waals surface area contributed by atoms with E-state index in [4.69, 9.17) is 19.7 Å². The Bertz CT molecular complexity index is 2240. The van der Waals surface area contributed by atoms with Crippen LogP contribution in [0.15, 0.2) is 118 Å². The van der Waals surface area contributed by atoms with Crippen molar-refractivity contribution in [2.75, 3.05) is 6.61 Å². The van der Waals surface area contributed by atoms with Gasteiger partial charge in [0.1, 0.15) is 18.3 Å². The molecule has 0 spiro atoms. The van der Waals surface area contributed by atoms with Gasteiger partial charge in [0.2, 0.25) is 0 Å². The molecule has 6 aliphatic rings. The van der Waals surface area contributed by atoms with E-state index in [-0.39, 0.29) is 36.6 Å². The molecule has 5 atom stereocenters. The molecule has 3 N–H and O–H groups in total. The number of esters is 1. The van der Waals surface area contributed by atoms with Crippen molar-refractivity contribution in [1.29, 1.82) is 0 Å². The molecular weight excluding hydrogens is 785 g/mol. The molecule has 63 heavy (non-hydrogen) atoms. The Balaban J connectivity index is 1.18. The predicted octanol–water partition coefficient (Wildman–Crippen LogP) is 13.1. The summed E-state index contributed by atoms with van der Waals surface area (Å²) in [6, 6.07) is 0. The van der Waals surface area contributed by atoms with E-state index in [2.05, 4.69) is 86.7 Å². The Hall–Kier alpha value is -4.79. The summed E-state index contributed by atoms with van der Waals surface area (Å²) in [4.78, 5) is 41.8. The summed E-state index contributed by atoms with van der Waals surface area (Å²) in [5.74, 6) is -1.02. The highest BCUT2D eigenvalue weighted by Crippen LogP contribution is 2.49. The number of aliphatic hydroxyl groups is 1. The fourth-order valence-corrected chi connectivity index (χ4v) is 10.3. The number of rotatable bonds is 20. The molecule has 1 saturated heterocycles. The zero-order valence-corrected chi connectivity index (χ0v) is 40.1. The first-order valence-corrected chi connectivity index (χ1v) is 24.1. The van der Waals surface area contributed by atoms with Crippen LogP contribution in [0.5, 0.6) is 0 Å². The van der Waals surface area contributed by atoms with Gasteiger partial charge in [-0.1, -0.05) is 99.0 Å². The summed E-state index contributed by atoms with van der Waals surface area (Å²) in [5, 5.41) is 26.0. The number of carbonyl (C=O) groups excluding carboxylic acids is 1. The van der Waals surface area contributed by atoms with Crippen molar-refractivity contribution in [2.24, 2.45) is 50.5 Å². The molecule has 9 nitrogen and oxygen atoms in total. The molecule has 0 aromatic carbocycles. The first kappa shape index (κ1) is 47.7. The number of allylic oxidation sites excluding steroid dienone is 12. The van der Waals surface area contributed by atoms with Gasteiger partial charge in [0, 0.05) is 40.8 Å². The maximum atomic E-state index is 13.4. The van der Waals surface area contributed by atoms with Gasteiger partial charge in [-0.2, -0.15) is 0 Å². The Kier molecular flexibility index (Phi) is 15.7. The lowest BCUT2D eigenvalue weighted by atomic mass is 9.84. The van der Waals surface area contributed by atoms with Crippen LogP contribution in [0.2, 0.25) is 0 Å². The van der Waals surface area contributed by atoms with E-state index in [0.29, 0.717) is 46.2 Å². The van der Waals surface area contributed by atoms with E-state index >= 15 is 0 Å². The second-order valence-corrected chi connectivity index (χ2v) is 19.5. The summed E-state index contributed by atoms with van der Waals surface area (Å²) in [5.41, 5.74) is 13.4. The molecule has 0 saturated carbocycles. The second-order valence-electron chi connectivity index (χ2n) is 19.5. The van der Waals surface area contributed by atoms with Crippen molar-refractivity contribution < 1.29 is 24.5 Å². The number of carboxylic acid groups (broad SMARTS) is 1. The summed E-state index contributed by atoms with van der Waals surface area (Å²) in [6.45, 7) is 24.2. The summed E-state index contributed by atoms with van der Waals surface area (Å²) in [6.07, 6.45) is 21.6. The van der Waals surface area contributed by atoms with Crippen molar-refractivity contribution in [3.05, 3.63) is 103 Å². The van der Waals surface area contributed by atoms with Crippen molar-refractivity contribution >= 4 is 29.1 Å². The fourth-order valence-electron chi connectivity index (χ4n) is 10.3. The van der Waals surface area contributed by atoms with Crippen LogP contribution in [-0.2, 0) is 14.3 Å². The first-order chi connectivity index (χ1) is 30.0. The Labute approximate surface area is 377 Å². The minimum absolute atomic E-state index is 0.122. The van der Waals surface area contributed by atoms with Crippen LogP contribution in [-0.4, -0.2) is 45.9 Å². The fraction of sp³-hybridized carbons (Fsp3) is 0.574. The number of aliphatic imine (C=N–C) groups is 3. The van der Waals surface area contributed by atoms with Crippen molar-refractivity contribution in [1.82, 2.24) is 5.32 Å². The van der Waals surface area contributed by atoms with E-state index in [1.54, 1.807) is 0 Å². The molecule has 0 amide bonds. The van der Waals surface area contributed by atoms with Crippen LogP contribution in [0.1, 0.15) is 160 Å². The molecule has 0 radical (unpaired) electrons. The van der Waals surface area contributed by atoms with Crippen LogP contribution in [0, 0.1) is 35.5 Å². The lowest BCUT2D eigenvalue weighted by molar-refractivity contribution is -0.143. The van der Waals surface area contributed by atoms with E-state index in [0.717, 1.165) is 88.3 Å². The van der Waals surface area contributed by atoms with E-state index in [1.807, 2.05) is 19.1 Å². The lowest BCUT2D eigenvalue weighted by Gasteiger charge is -2.19. The SMILES string of the molecule is CCC1=C(C)C2=NC1=CC1=C(C)C3=C(O)[C@H](C(=O)O)C(=C4NC(=CC5=NC(=C2)C(CC)=C5C)[C@@H](C)[C@@H]4CCC(=O)OC/C=C(\C)CCC[C@H](C)CCC[C@H](C)CCCC(C)C)C3=N1. The summed E-state index contributed by atoms with van der Waals surface area (Å²) < 4.78 is 5.77. The van der Waals surface area contributed by atoms with Gasteiger partial charge in [-0.15, -0.1) is 0 Å². The van der Waals surface area contributed by atoms with Gasteiger partial charge in [-0.05, 0) is 130 Å². The minimum Gasteiger partial charge on any atom is -0.510 e. The van der Waals surface area contributed by atoms with Crippen molar-refractivity contribution in [2.45, 2.75) is 160 Å².